The van der Waals surface area contributed by atoms with Crippen LogP contribution in [0.15, 0.2) is 24.4 Å². The molecule has 0 radical (unpaired) electrons. The Balaban J connectivity index is 2.00. The Bertz CT molecular complexity index is 873. The number of aromatic nitrogens is 4. The van der Waals surface area contributed by atoms with Gasteiger partial charge in [0, 0.05) is 11.3 Å². The smallest absolute Gasteiger partial charge is 0.224 e. The summed E-state index contributed by atoms with van der Waals surface area (Å²) < 4.78 is 7.06. The molecule has 1 saturated carbocycles. The molecule has 3 aromatic rings. The lowest BCUT2D eigenvalue weighted by atomic mass is 10.1. The molecule has 22 heavy (non-hydrogen) atoms. The number of hydrogen-bond acceptors (Lipinski definition) is 4. The molecule has 112 valence electrons. The minimum atomic E-state index is 0.143. The van der Waals surface area contributed by atoms with E-state index in [1.807, 2.05) is 18.2 Å². The van der Waals surface area contributed by atoms with Crippen molar-refractivity contribution in [3.63, 3.8) is 0 Å². The summed E-state index contributed by atoms with van der Waals surface area (Å²) in [4.78, 5) is 8.11. The lowest BCUT2D eigenvalue weighted by molar-refractivity contribution is 0.415. The summed E-state index contributed by atoms with van der Waals surface area (Å²) in [5.74, 6) is 1.79. The van der Waals surface area contributed by atoms with Crippen LogP contribution in [0.3, 0.4) is 0 Å². The van der Waals surface area contributed by atoms with E-state index in [-0.39, 0.29) is 5.28 Å². The SMILES string of the molecule is COc1ccc2c(c1)c(C1CC1)nn2-c1nc(Cl)ncc1Cl. The first-order valence-electron chi connectivity index (χ1n) is 6.92. The van der Waals surface area contributed by atoms with E-state index in [4.69, 9.17) is 33.0 Å². The van der Waals surface area contributed by atoms with Crippen molar-refractivity contribution < 1.29 is 4.74 Å². The second-order valence-electron chi connectivity index (χ2n) is 5.26. The first-order valence-corrected chi connectivity index (χ1v) is 7.68. The number of ether oxygens (including phenoxy) is 1. The molecule has 0 spiro atoms. The highest BCUT2D eigenvalue weighted by Crippen LogP contribution is 2.43. The fourth-order valence-corrected chi connectivity index (χ4v) is 2.85. The molecule has 2 aromatic heterocycles. The first-order chi connectivity index (χ1) is 10.7. The predicted molar refractivity (Wildman–Crippen MR) is 85.2 cm³/mol. The molecule has 1 fully saturated rings. The highest BCUT2D eigenvalue weighted by molar-refractivity contribution is 6.33. The van der Waals surface area contributed by atoms with Gasteiger partial charge in [-0.2, -0.15) is 10.1 Å². The molecule has 7 heteroatoms. The third-order valence-electron chi connectivity index (χ3n) is 3.78. The number of nitrogens with zero attached hydrogens (tertiary/aromatic N) is 4. The molecule has 0 amide bonds. The van der Waals surface area contributed by atoms with Crippen LogP contribution >= 0.6 is 23.2 Å². The molecular formula is C15H12Cl2N4O. The zero-order valence-corrected chi connectivity index (χ0v) is 13.3. The molecule has 5 nitrogen and oxygen atoms in total. The van der Waals surface area contributed by atoms with Crippen LogP contribution in [-0.4, -0.2) is 26.9 Å². The maximum Gasteiger partial charge on any atom is 0.224 e. The highest BCUT2D eigenvalue weighted by Gasteiger charge is 2.30. The van der Waals surface area contributed by atoms with E-state index in [2.05, 4.69) is 9.97 Å². The van der Waals surface area contributed by atoms with Gasteiger partial charge in [-0.15, -0.1) is 0 Å². The van der Waals surface area contributed by atoms with Gasteiger partial charge >= 0.3 is 0 Å². The molecule has 0 unspecified atom stereocenters. The third kappa shape index (κ3) is 2.21. The van der Waals surface area contributed by atoms with Gasteiger partial charge in [0.2, 0.25) is 5.28 Å². The summed E-state index contributed by atoms with van der Waals surface area (Å²) in [6.45, 7) is 0. The van der Waals surface area contributed by atoms with Gasteiger partial charge in [-0.1, -0.05) is 11.6 Å². The van der Waals surface area contributed by atoms with Crippen LogP contribution in [0.25, 0.3) is 16.7 Å². The molecule has 1 aliphatic carbocycles. The number of rotatable bonds is 3. The van der Waals surface area contributed by atoms with Gasteiger partial charge in [0.15, 0.2) is 5.82 Å². The largest absolute Gasteiger partial charge is 0.497 e. The molecule has 0 N–H and O–H groups in total. The molecule has 0 aliphatic heterocycles. The van der Waals surface area contributed by atoms with Crippen molar-refractivity contribution in [1.29, 1.82) is 0 Å². The Labute approximate surface area is 136 Å². The fraction of sp³-hybridized carbons (Fsp3) is 0.267. The summed E-state index contributed by atoms with van der Waals surface area (Å²) in [7, 11) is 1.66. The number of benzene rings is 1. The Morgan fingerprint density at radius 2 is 2.09 bits per heavy atom. The summed E-state index contributed by atoms with van der Waals surface area (Å²) in [6, 6.07) is 5.86. The standard InChI is InChI=1S/C15H12Cl2N4O/c1-22-9-4-5-12-10(6-9)13(8-2-3-8)20-21(12)14-11(16)7-18-15(17)19-14/h4-8H,2-3H2,1H3. The van der Waals surface area contributed by atoms with Gasteiger partial charge in [-0.05, 0) is 42.6 Å². The number of halogens is 2. The van der Waals surface area contributed by atoms with E-state index < -0.39 is 0 Å². The lowest BCUT2D eigenvalue weighted by Gasteiger charge is -2.05. The summed E-state index contributed by atoms with van der Waals surface area (Å²) >= 11 is 12.1. The van der Waals surface area contributed by atoms with Crippen LogP contribution in [0.1, 0.15) is 24.5 Å². The quantitative estimate of drug-likeness (QED) is 0.679. The third-order valence-corrected chi connectivity index (χ3v) is 4.23. The normalized spacial score (nSPS) is 14.5. The van der Waals surface area contributed by atoms with E-state index in [1.54, 1.807) is 11.8 Å². The van der Waals surface area contributed by atoms with Crippen molar-refractivity contribution in [2.24, 2.45) is 0 Å². The van der Waals surface area contributed by atoms with E-state index in [9.17, 15) is 0 Å². The second kappa shape index (κ2) is 5.11. The molecule has 0 atom stereocenters. The van der Waals surface area contributed by atoms with E-state index in [1.165, 1.54) is 6.20 Å². The number of hydrogen-bond donors (Lipinski definition) is 0. The van der Waals surface area contributed by atoms with Crippen LogP contribution < -0.4 is 4.74 Å². The topological polar surface area (TPSA) is 52.8 Å². The summed E-state index contributed by atoms with van der Waals surface area (Å²) in [5.41, 5.74) is 1.99. The van der Waals surface area contributed by atoms with E-state index >= 15 is 0 Å². The zero-order chi connectivity index (χ0) is 15.3. The monoisotopic (exact) mass is 334 g/mol. The fourth-order valence-electron chi connectivity index (χ4n) is 2.55. The molecular weight excluding hydrogens is 323 g/mol. The molecule has 4 rings (SSSR count). The number of methoxy groups -OCH3 is 1. The summed E-state index contributed by atoms with van der Waals surface area (Å²) in [6.07, 6.45) is 3.79. The average Bonchev–Trinajstić information content (AvgIpc) is 3.30. The van der Waals surface area contributed by atoms with Crippen LogP contribution in [0, 0.1) is 0 Å². The van der Waals surface area contributed by atoms with Crippen molar-refractivity contribution in [3.05, 3.63) is 40.4 Å². The second-order valence-corrected chi connectivity index (χ2v) is 6.01. The Morgan fingerprint density at radius 3 is 2.82 bits per heavy atom. The predicted octanol–water partition coefficient (Wildman–Crippen LogP) is 4.01. The van der Waals surface area contributed by atoms with Crippen molar-refractivity contribution in [2.45, 2.75) is 18.8 Å². The van der Waals surface area contributed by atoms with Gasteiger partial charge in [-0.25, -0.2) is 9.67 Å². The van der Waals surface area contributed by atoms with E-state index in [0.717, 1.165) is 35.2 Å². The zero-order valence-electron chi connectivity index (χ0n) is 11.8. The van der Waals surface area contributed by atoms with Crippen LogP contribution in [-0.2, 0) is 0 Å². The average molecular weight is 335 g/mol. The summed E-state index contributed by atoms with van der Waals surface area (Å²) in [5, 5.41) is 6.34. The number of fused-ring (bicyclic) bond motifs is 1. The van der Waals surface area contributed by atoms with Gasteiger partial charge in [0.05, 0.1) is 24.5 Å². The molecule has 0 bridgehead atoms. The molecule has 1 aliphatic rings. The molecule has 1 aromatic carbocycles. The van der Waals surface area contributed by atoms with Crippen molar-refractivity contribution in [1.82, 2.24) is 19.7 Å². The molecule has 2 heterocycles. The van der Waals surface area contributed by atoms with Crippen LogP contribution in [0.4, 0.5) is 0 Å². The minimum Gasteiger partial charge on any atom is -0.497 e. The minimum absolute atomic E-state index is 0.143. The first kappa shape index (κ1) is 13.8. The Hall–Kier alpha value is -1.85. The van der Waals surface area contributed by atoms with Gasteiger partial charge in [0.1, 0.15) is 10.8 Å². The van der Waals surface area contributed by atoms with Crippen LogP contribution in [0.5, 0.6) is 5.75 Å². The highest BCUT2D eigenvalue weighted by atomic mass is 35.5. The van der Waals surface area contributed by atoms with Crippen molar-refractivity contribution in [3.8, 4) is 11.6 Å². The maximum atomic E-state index is 6.22. The van der Waals surface area contributed by atoms with Crippen molar-refractivity contribution in [2.75, 3.05) is 7.11 Å². The van der Waals surface area contributed by atoms with Gasteiger partial charge < -0.3 is 4.74 Å². The Kier molecular flexibility index (Phi) is 3.20. The van der Waals surface area contributed by atoms with E-state index in [0.29, 0.717) is 16.8 Å². The van der Waals surface area contributed by atoms with Gasteiger partial charge in [0.25, 0.3) is 0 Å². The van der Waals surface area contributed by atoms with Crippen LogP contribution in [0.2, 0.25) is 10.3 Å². The Morgan fingerprint density at radius 1 is 1.27 bits per heavy atom. The van der Waals surface area contributed by atoms with Crippen molar-refractivity contribution >= 4 is 34.1 Å². The van der Waals surface area contributed by atoms with Gasteiger partial charge in [-0.3, -0.25) is 0 Å². The maximum absolute atomic E-state index is 6.22. The lowest BCUT2D eigenvalue weighted by Crippen LogP contribution is -2.02. The molecule has 0 saturated heterocycles.